The predicted molar refractivity (Wildman–Crippen MR) is 73.2 cm³/mol. The SMILES string of the molecule is NC(=O)C1(CNS(=O)(=O)c2ccc(F)cc2F)CCOCC1. The summed E-state index contributed by atoms with van der Waals surface area (Å²) in [4.78, 5) is 11.0. The van der Waals surface area contributed by atoms with Crippen molar-refractivity contribution in [2.24, 2.45) is 11.1 Å². The fourth-order valence-electron chi connectivity index (χ4n) is 2.28. The van der Waals surface area contributed by atoms with Gasteiger partial charge in [0.2, 0.25) is 15.9 Å². The number of hydrogen-bond acceptors (Lipinski definition) is 4. The number of nitrogens with one attached hydrogen (secondary N) is 1. The minimum Gasteiger partial charge on any atom is -0.381 e. The molecule has 0 aliphatic carbocycles. The normalized spacial score (nSPS) is 18.1. The molecule has 1 aromatic rings. The number of halogens is 2. The van der Waals surface area contributed by atoms with Crippen LogP contribution in [-0.4, -0.2) is 34.1 Å². The molecule has 1 aliphatic heterocycles. The molecule has 1 aliphatic rings. The Morgan fingerprint density at radius 1 is 1.32 bits per heavy atom. The third-order valence-corrected chi connectivity index (χ3v) is 5.19. The molecule has 22 heavy (non-hydrogen) atoms. The van der Waals surface area contributed by atoms with Gasteiger partial charge in [-0.2, -0.15) is 0 Å². The Labute approximate surface area is 126 Å². The summed E-state index contributed by atoms with van der Waals surface area (Å²) in [5.74, 6) is -2.72. The number of carbonyl (C=O) groups is 1. The van der Waals surface area contributed by atoms with Crippen molar-refractivity contribution in [3.8, 4) is 0 Å². The van der Waals surface area contributed by atoms with Crippen molar-refractivity contribution < 1.29 is 26.7 Å². The van der Waals surface area contributed by atoms with Gasteiger partial charge in [0.25, 0.3) is 0 Å². The molecule has 0 radical (unpaired) electrons. The standard InChI is InChI=1S/C13H16F2N2O4S/c14-9-1-2-11(10(15)7-9)22(19,20)17-8-13(12(16)18)3-5-21-6-4-13/h1-2,7,17H,3-6,8H2,(H2,16,18). The average molecular weight is 334 g/mol. The molecule has 1 fully saturated rings. The predicted octanol–water partition coefficient (Wildman–Crippen LogP) is 0.525. The summed E-state index contributed by atoms with van der Waals surface area (Å²) >= 11 is 0. The highest BCUT2D eigenvalue weighted by atomic mass is 32.2. The lowest BCUT2D eigenvalue weighted by Crippen LogP contribution is -2.49. The van der Waals surface area contributed by atoms with E-state index in [1.54, 1.807) is 0 Å². The van der Waals surface area contributed by atoms with E-state index in [9.17, 15) is 22.0 Å². The van der Waals surface area contributed by atoms with Crippen molar-refractivity contribution in [1.29, 1.82) is 0 Å². The zero-order valence-corrected chi connectivity index (χ0v) is 12.5. The van der Waals surface area contributed by atoms with Gasteiger partial charge in [0.05, 0.1) is 5.41 Å². The zero-order chi connectivity index (χ0) is 16.4. The van der Waals surface area contributed by atoms with Crippen LogP contribution in [0.1, 0.15) is 12.8 Å². The first-order valence-electron chi connectivity index (χ1n) is 6.59. The van der Waals surface area contributed by atoms with Crippen LogP contribution in [-0.2, 0) is 19.6 Å². The van der Waals surface area contributed by atoms with Gasteiger partial charge in [0.15, 0.2) is 0 Å². The van der Waals surface area contributed by atoms with E-state index in [1.807, 2.05) is 0 Å². The number of ether oxygens (including phenoxy) is 1. The first-order valence-corrected chi connectivity index (χ1v) is 8.08. The molecule has 0 aromatic heterocycles. The van der Waals surface area contributed by atoms with Crippen LogP contribution in [0.15, 0.2) is 23.1 Å². The fourth-order valence-corrected chi connectivity index (χ4v) is 3.46. The maximum absolute atomic E-state index is 13.6. The molecule has 0 unspecified atom stereocenters. The second-order valence-corrected chi connectivity index (χ2v) is 6.89. The molecule has 1 amide bonds. The van der Waals surface area contributed by atoms with Crippen LogP contribution in [0.3, 0.4) is 0 Å². The molecule has 122 valence electrons. The maximum atomic E-state index is 13.6. The molecule has 6 nitrogen and oxygen atoms in total. The number of carbonyl (C=O) groups excluding carboxylic acids is 1. The molecule has 0 atom stereocenters. The van der Waals surface area contributed by atoms with Crippen LogP contribution in [0.5, 0.6) is 0 Å². The van der Waals surface area contributed by atoms with Crippen molar-refractivity contribution in [2.75, 3.05) is 19.8 Å². The molecule has 0 spiro atoms. The van der Waals surface area contributed by atoms with Crippen LogP contribution in [0, 0.1) is 17.0 Å². The van der Waals surface area contributed by atoms with E-state index in [4.69, 9.17) is 10.5 Å². The van der Waals surface area contributed by atoms with E-state index in [0.717, 1.165) is 12.1 Å². The summed E-state index contributed by atoms with van der Waals surface area (Å²) in [6.45, 7) is 0.315. The van der Waals surface area contributed by atoms with Gasteiger partial charge < -0.3 is 10.5 Å². The van der Waals surface area contributed by atoms with Gasteiger partial charge in [-0.15, -0.1) is 0 Å². The van der Waals surface area contributed by atoms with Crippen LogP contribution >= 0.6 is 0 Å². The second-order valence-electron chi connectivity index (χ2n) is 5.16. The molecule has 9 heteroatoms. The Balaban J connectivity index is 2.19. The smallest absolute Gasteiger partial charge is 0.243 e. The Morgan fingerprint density at radius 2 is 1.95 bits per heavy atom. The lowest BCUT2D eigenvalue weighted by Gasteiger charge is -2.34. The number of nitrogens with two attached hydrogens (primary N) is 1. The van der Waals surface area contributed by atoms with Crippen molar-refractivity contribution in [1.82, 2.24) is 4.72 Å². The number of hydrogen-bond donors (Lipinski definition) is 2. The highest BCUT2D eigenvalue weighted by Gasteiger charge is 2.39. The van der Waals surface area contributed by atoms with E-state index < -0.39 is 37.9 Å². The highest BCUT2D eigenvalue weighted by molar-refractivity contribution is 7.89. The number of sulfonamides is 1. The molecule has 0 bridgehead atoms. The zero-order valence-electron chi connectivity index (χ0n) is 11.6. The molecule has 3 N–H and O–H groups in total. The van der Waals surface area contributed by atoms with Crippen molar-refractivity contribution >= 4 is 15.9 Å². The molecule has 0 saturated carbocycles. The first kappa shape index (κ1) is 16.8. The van der Waals surface area contributed by atoms with Crippen molar-refractivity contribution in [3.05, 3.63) is 29.8 Å². The molecular formula is C13H16F2N2O4S. The first-order chi connectivity index (χ1) is 10.3. The van der Waals surface area contributed by atoms with Crippen LogP contribution in [0.25, 0.3) is 0 Å². The Hall–Kier alpha value is -1.58. The van der Waals surface area contributed by atoms with Crippen molar-refractivity contribution in [2.45, 2.75) is 17.7 Å². The summed E-state index contributed by atoms with van der Waals surface area (Å²) in [7, 11) is -4.22. The van der Waals surface area contributed by atoms with Gasteiger partial charge >= 0.3 is 0 Å². The monoisotopic (exact) mass is 334 g/mol. The quantitative estimate of drug-likeness (QED) is 0.820. The van der Waals surface area contributed by atoms with Crippen LogP contribution in [0.4, 0.5) is 8.78 Å². The fraction of sp³-hybridized carbons (Fsp3) is 0.462. The lowest BCUT2D eigenvalue weighted by atomic mass is 9.80. The number of rotatable bonds is 5. The van der Waals surface area contributed by atoms with Crippen LogP contribution < -0.4 is 10.5 Å². The second kappa shape index (κ2) is 6.27. The largest absolute Gasteiger partial charge is 0.381 e. The van der Waals surface area contributed by atoms with E-state index in [-0.39, 0.29) is 32.6 Å². The molecule has 1 saturated heterocycles. The van der Waals surface area contributed by atoms with E-state index in [0.29, 0.717) is 6.07 Å². The summed E-state index contributed by atoms with van der Waals surface area (Å²) < 4.78 is 58.0. The molecule has 1 aromatic carbocycles. The summed E-state index contributed by atoms with van der Waals surface area (Å²) in [6.07, 6.45) is 0.549. The highest BCUT2D eigenvalue weighted by Crippen LogP contribution is 2.30. The number of primary amides is 1. The van der Waals surface area contributed by atoms with E-state index >= 15 is 0 Å². The van der Waals surface area contributed by atoms with Gasteiger partial charge in [-0.3, -0.25) is 4.79 Å². The summed E-state index contributed by atoms with van der Waals surface area (Å²) in [5, 5.41) is 0. The summed E-state index contributed by atoms with van der Waals surface area (Å²) in [5.41, 5.74) is 4.30. The maximum Gasteiger partial charge on any atom is 0.243 e. The van der Waals surface area contributed by atoms with Gasteiger partial charge in [0.1, 0.15) is 16.5 Å². The average Bonchev–Trinajstić information content (AvgIpc) is 2.45. The minimum atomic E-state index is -4.22. The number of amides is 1. The van der Waals surface area contributed by atoms with E-state index in [2.05, 4.69) is 4.72 Å². The van der Waals surface area contributed by atoms with E-state index in [1.165, 1.54) is 0 Å². The Kier molecular flexibility index (Phi) is 4.78. The van der Waals surface area contributed by atoms with Gasteiger partial charge in [0, 0.05) is 25.8 Å². The van der Waals surface area contributed by atoms with Gasteiger partial charge in [-0.25, -0.2) is 21.9 Å². The Bertz CT molecular complexity index is 673. The topological polar surface area (TPSA) is 98.5 Å². The van der Waals surface area contributed by atoms with Gasteiger partial charge in [-0.05, 0) is 25.0 Å². The molecule has 1 heterocycles. The Morgan fingerprint density at radius 3 is 2.50 bits per heavy atom. The lowest BCUT2D eigenvalue weighted by molar-refractivity contribution is -0.132. The van der Waals surface area contributed by atoms with Crippen molar-refractivity contribution in [3.63, 3.8) is 0 Å². The number of benzene rings is 1. The third kappa shape index (κ3) is 3.42. The third-order valence-electron chi connectivity index (χ3n) is 3.76. The van der Waals surface area contributed by atoms with Crippen LogP contribution in [0.2, 0.25) is 0 Å². The van der Waals surface area contributed by atoms with Gasteiger partial charge in [-0.1, -0.05) is 0 Å². The molecule has 2 rings (SSSR count). The molecular weight excluding hydrogens is 318 g/mol. The minimum absolute atomic E-state index is 0.259. The summed E-state index contributed by atoms with van der Waals surface area (Å²) in [6, 6.07) is 2.15.